The van der Waals surface area contributed by atoms with Crippen LogP contribution in [0.4, 0.5) is 4.79 Å². The lowest BCUT2D eigenvalue weighted by molar-refractivity contribution is -0.131. The third-order valence-corrected chi connectivity index (χ3v) is 3.62. The normalized spacial score (nSPS) is 29.1. The summed E-state index contributed by atoms with van der Waals surface area (Å²) in [5.41, 5.74) is 0.871. The van der Waals surface area contributed by atoms with Crippen LogP contribution in [-0.4, -0.2) is 30.0 Å². The van der Waals surface area contributed by atoms with E-state index in [0.717, 1.165) is 11.3 Å². The van der Waals surface area contributed by atoms with Crippen molar-refractivity contribution in [3.63, 3.8) is 0 Å². The number of fused-ring (bicyclic) bond motifs is 4. The number of amides is 2. The number of carbonyl (C=O) groups is 2. The number of ketones is 1. The average Bonchev–Trinajstić information content (AvgIpc) is 2.35. The monoisotopic (exact) mass is 246 g/mol. The number of Topliss-reactive ketones (excluding diaryl/α,β-unsaturated/α-hetero) is 1. The van der Waals surface area contributed by atoms with Crippen molar-refractivity contribution >= 4 is 11.8 Å². The number of benzene rings is 1. The van der Waals surface area contributed by atoms with Crippen LogP contribution in [0, 0.1) is 5.92 Å². The molecule has 1 aromatic carbocycles. The average molecular weight is 246 g/mol. The summed E-state index contributed by atoms with van der Waals surface area (Å²) in [6.45, 7) is 1.53. The third kappa shape index (κ3) is 1.40. The molecule has 1 saturated heterocycles. The molecule has 0 spiro atoms. The van der Waals surface area contributed by atoms with Crippen LogP contribution in [0.15, 0.2) is 24.3 Å². The standard InChI is InChI=1S/C13H14N2O3/c1-7(16)10-11-8-5-3-4-6-9(8)18-12(10)15(2)13(17)14-11/h3-6,10-12H,1-2H3,(H,14,17)/t10-,11+,12+/m1/s1. The predicted molar refractivity (Wildman–Crippen MR) is 64.1 cm³/mol. The summed E-state index contributed by atoms with van der Waals surface area (Å²) in [6, 6.07) is 7.00. The Hall–Kier alpha value is -2.04. The lowest BCUT2D eigenvalue weighted by Crippen LogP contribution is -2.62. The number of hydrogen-bond donors (Lipinski definition) is 1. The molecule has 2 bridgehead atoms. The van der Waals surface area contributed by atoms with E-state index in [1.54, 1.807) is 7.05 Å². The van der Waals surface area contributed by atoms with Crippen LogP contribution < -0.4 is 10.1 Å². The zero-order valence-electron chi connectivity index (χ0n) is 10.2. The van der Waals surface area contributed by atoms with Gasteiger partial charge in [0.05, 0.1) is 12.0 Å². The lowest BCUT2D eigenvalue weighted by atomic mass is 9.84. The molecule has 2 aliphatic heterocycles. The van der Waals surface area contributed by atoms with Crippen molar-refractivity contribution in [1.82, 2.24) is 10.2 Å². The Balaban J connectivity index is 2.13. The van der Waals surface area contributed by atoms with Gasteiger partial charge in [-0.3, -0.25) is 9.69 Å². The van der Waals surface area contributed by atoms with Crippen LogP contribution in [-0.2, 0) is 4.79 Å². The molecule has 1 fully saturated rings. The van der Waals surface area contributed by atoms with Crippen LogP contribution in [0.1, 0.15) is 18.5 Å². The van der Waals surface area contributed by atoms with E-state index in [9.17, 15) is 9.59 Å². The van der Waals surface area contributed by atoms with Gasteiger partial charge in [-0.2, -0.15) is 0 Å². The lowest BCUT2D eigenvalue weighted by Gasteiger charge is -2.46. The number of nitrogens with one attached hydrogen (secondary N) is 1. The van der Waals surface area contributed by atoms with E-state index < -0.39 is 6.23 Å². The highest BCUT2D eigenvalue weighted by atomic mass is 16.5. The molecule has 5 heteroatoms. The van der Waals surface area contributed by atoms with Gasteiger partial charge in [-0.05, 0) is 13.0 Å². The summed E-state index contributed by atoms with van der Waals surface area (Å²) >= 11 is 0. The van der Waals surface area contributed by atoms with Gasteiger partial charge in [0.1, 0.15) is 11.5 Å². The number of carbonyl (C=O) groups excluding carboxylic acids is 2. The number of hydrogen-bond acceptors (Lipinski definition) is 3. The molecular formula is C13H14N2O3. The minimum absolute atomic E-state index is 0.0198. The van der Waals surface area contributed by atoms with Gasteiger partial charge in [0.25, 0.3) is 0 Å². The van der Waals surface area contributed by atoms with E-state index >= 15 is 0 Å². The molecule has 0 aliphatic carbocycles. The SMILES string of the molecule is CC(=O)[C@@H]1[C@H]2NC(=O)N(C)[C@H]1Oc1ccccc12. The summed E-state index contributed by atoms with van der Waals surface area (Å²) < 4.78 is 5.80. The molecule has 2 aliphatic rings. The van der Waals surface area contributed by atoms with Crippen LogP contribution in [0.2, 0.25) is 0 Å². The van der Waals surface area contributed by atoms with Gasteiger partial charge in [0.2, 0.25) is 0 Å². The molecule has 94 valence electrons. The number of para-hydroxylation sites is 1. The molecule has 3 rings (SSSR count). The van der Waals surface area contributed by atoms with Crippen molar-refractivity contribution in [2.75, 3.05) is 7.05 Å². The molecule has 0 aromatic heterocycles. The molecule has 1 N–H and O–H groups in total. The van der Waals surface area contributed by atoms with Gasteiger partial charge < -0.3 is 10.1 Å². The highest BCUT2D eigenvalue weighted by molar-refractivity contribution is 5.85. The predicted octanol–water partition coefficient (Wildman–Crippen LogP) is 1.31. The van der Waals surface area contributed by atoms with Crippen molar-refractivity contribution in [1.29, 1.82) is 0 Å². The van der Waals surface area contributed by atoms with E-state index in [-0.39, 0.29) is 23.8 Å². The zero-order chi connectivity index (χ0) is 12.9. The maximum Gasteiger partial charge on any atom is 0.320 e. The van der Waals surface area contributed by atoms with E-state index in [2.05, 4.69) is 5.32 Å². The van der Waals surface area contributed by atoms with E-state index in [1.807, 2.05) is 24.3 Å². The second-order valence-corrected chi connectivity index (χ2v) is 4.72. The first-order valence-corrected chi connectivity index (χ1v) is 5.89. The largest absolute Gasteiger partial charge is 0.469 e. The first-order valence-electron chi connectivity index (χ1n) is 5.89. The molecule has 0 unspecified atom stereocenters. The summed E-state index contributed by atoms with van der Waals surface area (Å²) in [5.74, 6) is 0.394. The van der Waals surface area contributed by atoms with E-state index in [1.165, 1.54) is 11.8 Å². The molecule has 2 heterocycles. The van der Waals surface area contributed by atoms with Crippen LogP contribution in [0.5, 0.6) is 5.75 Å². The Bertz CT molecular complexity index is 529. The Morgan fingerprint density at radius 1 is 1.39 bits per heavy atom. The second-order valence-electron chi connectivity index (χ2n) is 4.72. The number of rotatable bonds is 1. The molecule has 3 atom stereocenters. The van der Waals surface area contributed by atoms with Crippen LogP contribution in [0.25, 0.3) is 0 Å². The van der Waals surface area contributed by atoms with Gasteiger partial charge in [-0.25, -0.2) is 4.79 Å². The molecule has 18 heavy (non-hydrogen) atoms. The maximum absolute atomic E-state index is 11.8. The molecule has 0 radical (unpaired) electrons. The quantitative estimate of drug-likeness (QED) is 0.812. The van der Waals surface area contributed by atoms with Crippen LogP contribution in [0.3, 0.4) is 0 Å². The van der Waals surface area contributed by atoms with Gasteiger partial charge in [0, 0.05) is 12.6 Å². The van der Waals surface area contributed by atoms with E-state index in [4.69, 9.17) is 4.74 Å². The van der Waals surface area contributed by atoms with Crippen molar-refractivity contribution in [3.05, 3.63) is 29.8 Å². The molecule has 2 amide bonds. The highest BCUT2D eigenvalue weighted by Gasteiger charge is 2.48. The van der Waals surface area contributed by atoms with Gasteiger partial charge >= 0.3 is 6.03 Å². The summed E-state index contributed by atoms with van der Waals surface area (Å²) in [4.78, 5) is 25.1. The highest BCUT2D eigenvalue weighted by Crippen LogP contribution is 2.42. The van der Waals surface area contributed by atoms with Crippen molar-refractivity contribution in [3.8, 4) is 5.75 Å². The topological polar surface area (TPSA) is 58.6 Å². The molecule has 1 aromatic rings. The fourth-order valence-corrected chi connectivity index (χ4v) is 2.68. The fraction of sp³-hybridized carbons (Fsp3) is 0.385. The van der Waals surface area contributed by atoms with E-state index in [0.29, 0.717) is 0 Å². The summed E-state index contributed by atoms with van der Waals surface area (Å²) in [7, 11) is 1.64. The molecule has 0 saturated carbocycles. The smallest absolute Gasteiger partial charge is 0.320 e. The van der Waals surface area contributed by atoms with Crippen molar-refractivity contribution < 1.29 is 14.3 Å². The van der Waals surface area contributed by atoms with Gasteiger partial charge in [-0.15, -0.1) is 0 Å². The first kappa shape index (κ1) is 11.1. The third-order valence-electron chi connectivity index (χ3n) is 3.62. The minimum Gasteiger partial charge on any atom is -0.469 e. The molecule has 5 nitrogen and oxygen atoms in total. The summed E-state index contributed by atoms with van der Waals surface area (Å²) in [6.07, 6.45) is -0.517. The van der Waals surface area contributed by atoms with Crippen LogP contribution >= 0.6 is 0 Å². The molecular weight excluding hydrogens is 232 g/mol. The zero-order valence-corrected chi connectivity index (χ0v) is 10.2. The van der Waals surface area contributed by atoms with Gasteiger partial charge in [-0.1, -0.05) is 18.2 Å². The second kappa shape index (κ2) is 3.73. The van der Waals surface area contributed by atoms with Crippen molar-refractivity contribution in [2.45, 2.75) is 19.2 Å². The Morgan fingerprint density at radius 3 is 2.83 bits per heavy atom. The Labute approximate surface area is 105 Å². The Kier molecular flexibility index (Phi) is 2.29. The number of urea groups is 1. The summed E-state index contributed by atoms with van der Waals surface area (Å²) in [5, 5.41) is 2.87. The first-order chi connectivity index (χ1) is 8.59. The maximum atomic E-state index is 11.8. The minimum atomic E-state index is -0.517. The van der Waals surface area contributed by atoms with Gasteiger partial charge in [0.15, 0.2) is 6.23 Å². The number of nitrogens with zero attached hydrogens (tertiary/aromatic N) is 1. The van der Waals surface area contributed by atoms with Crippen molar-refractivity contribution in [2.24, 2.45) is 5.92 Å². The fourth-order valence-electron chi connectivity index (χ4n) is 2.68. The number of ether oxygens (including phenoxy) is 1. The Morgan fingerprint density at radius 2 is 2.11 bits per heavy atom.